The Labute approximate surface area is 181 Å². The van der Waals surface area contributed by atoms with Crippen LogP contribution < -0.4 is 0 Å². The van der Waals surface area contributed by atoms with E-state index in [1.165, 1.54) is 25.7 Å². The first kappa shape index (κ1) is 23.7. The third kappa shape index (κ3) is 6.03. The molecule has 1 unspecified atom stereocenters. The van der Waals surface area contributed by atoms with Crippen LogP contribution in [-0.2, 0) is 9.47 Å². The van der Waals surface area contributed by atoms with Crippen LogP contribution >= 0.6 is 0 Å². The molecule has 1 heterocycles. The summed E-state index contributed by atoms with van der Waals surface area (Å²) in [4.78, 5) is 0. The van der Waals surface area contributed by atoms with Gasteiger partial charge in [-0.1, -0.05) is 19.1 Å². The molecule has 0 bridgehead atoms. The largest absolute Gasteiger partial charge is 0.351 e. The summed E-state index contributed by atoms with van der Waals surface area (Å²) in [6.07, 6.45) is 14.0. The normalized spacial score (nSPS) is 37.6. The van der Waals surface area contributed by atoms with Crippen molar-refractivity contribution < 1.29 is 18.3 Å². The number of ether oxygens (including phenoxy) is 2. The van der Waals surface area contributed by atoms with Crippen LogP contribution in [0, 0.1) is 35.5 Å². The van der Waals surface area contributed by atoms with Crippen LogP contribution in [0.5, 0.6) is 0 Å². The SMILES string of the molecule is C=CC1COC(C(C)/C=C(F)\C(=C/C)C2CCC(C3CCC(CF)CC3)CC2)OC1. The summed E-state index contributed by atoms with van der Waals surface area (Å²) < 4.78 is 39.5. The van der Waals surface area contributed by atoms with Crippen molar-refractivity contribution in [3.8, 4) is 0 Å². The van der Waals surface area contributed by atoms with Gasteiger partial charge in [-0.2, -0.15) is 0 Å². The van der Waals surface area contributed by atoms with Crippen LogP contribution in [0.15, 0.2) is 36.2 Å². The van der Waals surface area contributed by atoms with E-state index in [1.807, 2.05) is 26.0 Å². The zero-order valence-corrected chi connectivity index (χ0v) is 18.8. The van der Waals surface area contributed by atoms with Gasteiger partial charge in [0.1, 0.15) is 5.83 Å². The smallest absolute Gasteiger partial charge is 0.163 e. The third-order valence-corrected chi connectivity index (χ3v) is 7.70. The van der Waals surface area contributed by atoms with Gasteiger partial charge in [-0.05, 0) is 93.6 Å². The first-order chi connectivity index (χ1) is 14.5. The van der Waals surface area contributed by atoms with E-state index in [2.05, 4.69) is 6.58 Å². The highest BCUT2D eigenvalue weighted by molar-refractivity contribution is 5.28. The lowest BCUT2D eigenvalue weighted by molar-refractivity contribution is -0.207. The summed E-state index contributed by atoms with van der Waals surface area (Å²) in [6, 6.07) is 0. The molecule has 2 nitrogen and oxygen atoms in total. The topological polar surface area (TPSA) is 18.5 Å². The molecule has 0 spiro atoms. The molecule has 2 saturated carbocycles. The quantitative estimate of drug-likeness (QED) is 0.319. The van der Waals surface area contributed by atoms with Crippen molar-refractivity contribution in [1.82, 2.24) is 0 Å². The average molecular weight is 423 g/mol. The van der Waals surface area contributed by atoms with Gasteiger partial charge < -0.3 is 9.47 Å². The minimum Gasteiger partial charge on any atom is -0.351 e. The number of alkyl halides is 1. The molecule has 30 heavy (non-hydrogen) atoms. The first-order valence-corrected chi connectivity index (χ1v) is 12.0. The van der Waals surface area contributed by atoms with E-state index in [-0.39, 0.29) is 30.6 Å². The van der Waals surface area contributed by atoms with Gasteiger partial charge in [-0.25, -0.2) is 4.39 Å². The van der Waals surface area contributed by atoms with Gasteiger partial charge >= 0.3 is 0 Å². The predicted octanol–water partition coefficient (Wildman–Crippen LogP) is 7.18. The molecule has 3 rings (SSSR count). The minimum atomic E-state index is -0.389. The van der Waals surface area contributed by atoms with Crippen LogP contribution in [0.25, 0.3) is 0 Å². The van der Waals surface area contributed by atoms with Crippen molar-refractivity contribution in [3.05, 3.63) is 36.2 Å². The minimum absolute atomic E-state index is 0.116. The maximum absolute atomic E-state index is 15.2. The van der Waals surface area contributed by atoms with E-state index in [0.29, 0.717) is 25.0 Å². The number of hydrogen-bond donors (Lipinski definition) is 0. The van der Waals surface area contributed by atoms with Crippen molar-refractivity contribution in [2.24, 2.45) is 35.5 Å². The van der Waals surface area contributed by atoms with E-state index < -0.39 is 0 Å². The van der Waals surface area contributed by atoms with Crippen molar-refractivity contribution in [2.45, 2.75) is 71.5 Å². The highest BCUT2D eigenvalue weighted by Gasteiger charge is 2.33. The van der Waals surface area contributed by atoms with Gasteiger partial charge in [0.25, 0.3) is 0 Å². The van der Waals surface area contributed by atoms with Gasteiger partial charge in [0, 0.05) is 11.8 Å². The predicted molar refractivity (Wildman–Crippen MR) is 118 cm³/mol. The second-order valence-electron chi connectivity index (χ2n) is 9.70. The highest BCUT2D eigenvalue weighted by atomic mass is 19.1. The van der Waals surface area contributed by atoms with Crippen LogP contribution in [0.4, 0.5) is 8.78 Å². The van der Waals surface area contributed by atoms with Crippen molar-refractivity contribution >= 4 is 0 Å². The van der Waals surface area contributed by atoms with Crippen LogP contribution in [0.2, 0.25) is 0 Å². The summed E-state index contributed by atoms with van der Waals surface area (Å²) in [5, 5.41) is 0. The van der Waals surface area contributed by atoms with Crippen molar-refractivity contribution in [1.29, 1.82) is 0 Å². The maximum Gasteiger partial charge on any atom is 0.163 e. The summed E-state index contributed by atoms with van der Waals surface area (Å²) in [7, 11) is 0. The lowest BCUT2D eigenvalue weighted by Gasteiger charge is -2.38. The number of hydrogen-bond acceptors (Lipinski definition) is 2. The fourth-order valence-electron chi connectivity index (χ4n) is 5.66. The summed E-state index contributed by atoms with van der Waals surface area (Å²) in [5.41, 5.74) is 0.848. The Morgan fingerprint density at radius 2 is 1.57 bits per heavy atom. The number of allylic oxidation sites excluding steroid dienone is 3. The molecular formula is C26H40F2O2. The van der Waals surface area contributed by atoms with Gasteiger partial charge in [0.15, 0.2) is 6.29 Å². The van der Waals surface area contributed by atoms with Crippen LogP contribution in [0.3, 0.4) is 0 Å². The Hall–Kier alpha value is -1.00. The molecule has 4 heteroatoms. The molecule has 1 saturated heterocycles. The van der Waals surface area contributed by atoms with Crippen LogP contribution in [-0.4, -0.2) is 26.2 Å². The maximum atomic E-state index is 15.2. The fraction of sp³-hybridized carbons (Fsp3) is 0.769. The molecular weight excluding hydrogens is 382 g/mol. The number of rotatable bonds is 7. The van der Waals surface area contributed by atoms with E-state index in [4.69, 9.17) is 9.47 Å². The molecule has 3 fully saturated rings. The third-order valence-electron chi connectivity index (χ3n) is 7.70. The Morgan fingerprint density at radius 1 is 1.00 bits per heavy atom. The molecule has 2 aliphatic carbocycles. The molecule has 0 aromatic carbocycles. The monoisotopic (exact) mass is 422 g/mol. The standard InChI is InChI=1S/C26H40F2O2/c1-4-19-16-29-26(30-17-19)18(3)14-25(28)24(5-2)23-12-10-22(11-13-23)21-8-6-20(15-27)7-9-21/h4-5,14,18-23,26H,1,6-13,15-17H2,2-3H3/b24-5-,25-14+. The summed E-state index contributed by atoms with van der Waals surface area (Å²) >= 11 is 0. The highest BCUT2D eigenvalue weighted by Crippen LogP contribution is 2.44. The van der Waals surface area contributed by atoms with E-state index >= 15 is 4.39 Å². The van der Waals surface area contributed by atoms with Crippen molar-refractivity contribution in [2.75, 3.05) is 19.9 Å². The zero-order valence-electron chi connectivity index (χ0n) is 18.8. The molecule has 170 valence electrons. The van der Waals surface area contributed by atoms with Gasteiger partial charge in [-0.15, -0.1) is 6.58 Å². The molecule has 0 aromatic rings. The van der Waals surface area contributed by atoms with E-state index in [9.17, 15) is 4.39 Å². The van der Waals surface area contributed by atoms with E-state index in [1.54, 1.807) is 6.08 Å². The Balaban J connectivity index is 1.50. The average Bonchev–Trinajstić information content (AvgIpc) is 2.80. The Morgan fingerprint density at radius 3 is 2.07 bits per heavy atom. The molecule has 0 N–H and O–H groups in total. The Bertz CT molecular complexity index is 590. The second kappa shape index (κ2) is 11.6. The zero-order chi connectivity index (χ0) is 21.5. The van der Waals surface area contributed by atoms with Gasteiger partial charge in [-0.3, -0.25) is 4.39 Å². The summed E-state index contributed by atoms with van der Waals surface area (Å²) in [5.74, 6) is 2.07. The van der Waals surface area contributed by atoms with Gasteiger partial charge in [0.2, 0.25) is 0 Å². The molecule has 1 aliphatic heterocycles. The summed E-state index contributed by atoms with van der Waals surface area (Å²) in [6.45, 7) is 8.69. The van der Waals surface area contributed by atoms with E-state index in [0.717, 1.165) is 43.1 Å². The van der Waals surface area contributed by atoms with Gasteiger partial charge in [0.05, 0.1) is 19.9 Å². The molecule has 0 radical (unpaired) electrons. The molecule has 0 aromatic heterocycles. The van der Waals surface area contributed by atoms with Crippen LogP contribution in [0.1, 0.15) is 65.2 Å². The first-order valence-electron chi connectivity index (χ1n) is 12.0. The molecule has 0 amide bonds. The molecule has 1 atom stereocenters. The second-order valence-corrected chi connectivity index (χ2v) is 9.70. The molecule has 3 aliphatic rings. The lowest BCUT2D eigenvalue weighted by Crippen LogP contribution is -2.34. The fourth-order valence-corrected chi connectivity index (χ4v) is 5.66. The van der Waals surface area contributed by atoms with Crippen molar-refractivity contribution in [3.63, 3.8) is 0 Å². The Kier molecular flexibility index (Phi) is 9.13. The lowest BCUT2D eigenvalue weighted by atomic mass is 9.68. The number of halogens is 2.